The fraction of sp³-hybridized carbons (Fsp3) is 0.357. The highest BCUT2D eigenvalue weighted by Crippen LogP contribution is 2.24. The summed E-state index contributed by atoms with van der Waals surface area (Å²) in [6.07, 6.45) is 0.787. The number of rotatable bonds is 5. The average Bonchev–Trinajstić information content (AvgIpc) is 2.82. The lowest BCUT2D eigenvalue weighted by atomic mass is 10.0. The van der Waals surface area contributed by atoms with Gasteiger partial charge in [-0.25, -0.2) is 14.2 Å². The van der Waals surface area contributed by atoms with Crippen LogP contribution in [0.25, 0.3) is 0 Å². The lowest BCUT2D eigenvalue weighted by Gasteiger charge is -2.17. The molecule has 6 heteroatoms. The number of nitrogens with one attached hydrogen (secondary N) is 1. The van der Waals surface area contributed by atoms with Gasteiger partial charge in [-0.15, -0.1) is 0 Å². The highest BCUT2D eigenvalue weighted by molar-refractivity contribution is 5.30. The van der Waals surface area contributed by atoms with Crippen LogP contribution in [-0.2, 0) is 13.0 Å². The number of benzene rings is 1. The number of aryl methyl sites for hydroxylation is 2. The second-order valence-electron chi connectivity index (χ2n) is 4.53. The van der Waals surface area contributed by atoms with Gasteiger partial charge < -0.3 is 0 Å². The molecule has 2 aromatic rings. The van der Waals surface area contributed by atoms with Crippen molar-refractivity contribution in [1.82, 2.24) is 15.2 Å². The molecular formula is C14H18F2N4. The van der Waals surface area contributed by atoms with E-state index in [2.05, 4.69) is 10.5 Å². The summed E-state index contributed by atoms with van der Waals surface area (Å²) in [7, 11) is 0. The maximum absolute atomic E-state index is 13.4. The van der Waals surface area contributed by atoms with Gasteiger partial charge in [0.05, 0.1) is 17.4 Å². The Hall–Kier alpha value is -1.79. The molecule has 1 unspecified atom stereocenters. The zero-order valence-corrected chi connectivity index (χ0v) is 11.5. The van der Waals surface area contributed by atoms with Crippen molar-refractivity contribution in [3.63, 3.8) is 0 Å². The number of hydrogen-bond donors (Lipinski definition) is 2. The van der Waals surface area contributed by atoms with Crippen LogP contribution in [0.3, 0.4) is 0 Å². The average molecular weight is 280 g/mol. The molecule has 0 aliphatic carbocycles. The molecule has 0 radical (unpaired) electrons. The summed E-state index contributed by atoms with van der Waals surface area (Å²) in [5.74, 6) is 4.32. The number of halogens is 2. The molecule has 0 bridgehead atoms. The molecule has 0 saturated carbocycles. The molecule has 0 saturated heterocycles. The second-order valence-corrected chi connectivity index (χ2v) is 4.53. The topological polar surface area (TPSA) is 55.9 Å². The van der Waals surface area contributed by atoms with Crippen LogP contribution in [-0.4, -0.2) is 9.78 Å². The standard InChI is InChI=1S/C14H18F2N4/c1-3-12-8-13(20(4-2)19-12)14(18-17)9-5-10(15)7-11(16)6-9/h5-8,14,18H,3-4,17H2,1-2H3. The molecule has 1 atom stereocenters. The molecule has 0 spiro atoms. The van der Waals surface area contributed by atoms with Gasteiger partial charge in [0, 0.05) is 12.6 Å². The molecule has 1 aromatic carbocycles. The van der Waals surface area contributed by atoms with Gasteiger partial charge in [0.2, 0.25) is 0 Å². The molecule has 20 heavy (non-hydrogen) atoms. The van der Waals surface area contributed by atoms with Crippen molar-refractivity contribution in [1.29, 1.82) is 0 Å². The lowest BCUT2D eigenvalue weighted by molar-refractivity contribution is 0.529. The molecule has 0 fully saturated rings. The summed E-state index contributed by atoms with van der Waals surface area (Å²) < 4.78 is 28.5. The zero-order valence-electron chi connectivity index (χ0n) is 11.5. The molecule has 4 nitrogen and oxygen atoms in total. The Labute approximate surface area is 116 Å². The van der Waals surface area contributed by atoms with E-state index in [1.54, 1.807) is 4.68 Å². The minimum absolute atomic E-state index is 0.433. The molecular weight excluding hydrogens is 262 g/mol. The zero-order chi connectivity index (χ0) is 14.7. The molecule has 1 heterocycles. The highest BCUT2D eigenvalue weighted by atomic mass is 19.1. The van der Waals surface area contributed by atoms with Crippen molar-refractivity contribution in [2.45, 2.75) is 32.9 Å². The molecule has 0 aliphatic heterocycles. The van der Waals surface area contributed by atoms with Crippen molar-refractivity contribution < 1.29 is 8.78 Å². The number of nitrogens with two attached hydrogens (primary N) is 1. The van der Waals surface area contributed by atoms with Crippen molar-refractivity contribution in [2.75, 3.05) is 0 Å². The van der Waals surface area contributed by atoms with Crippen LogP contribution in [0.5, 0.6) is 0 Å². The first-order valence-electron chi connectivity index (χ1n) is 6.57. The van der Waals surface area contributed by atoms with Crippen molar-refractivity contribution >= 4 is 0 Å². The Morgan fingerprint density at radius 3 is 2.35 bits per heavy atom. The van der Waals surface area contributed by atoms with E-state index in [9.17, 15) is 8.78 Å². The normalized spacial score (nSPS) is 12.7. The summed E-state index contributed by atoms with van der Waals surface area (Å²) in [6.45, 7) is 4.61. The van der Waals surface area contributed by atoms with Gasteiger partial charge in [-0.2, -0.15) is 5.10 Å². The third-order valence-corrected chi connectivity index (χ3v) is 3.20. The van der Waals surface area contributed by atoms with Crippen molar-refractivity contribution in [3.05, 3.63) is 52.9 Å². The van der Waals surface area contributed by atoms with Crippen molar-refractivity contribution in [2.24, 2.45) is 5.84 Å². The van der Waals surface area contributed by atoms with E-state index in [1.807, 2.05) is 19.9 Å². The molecule has 108 valence electrons. The number of nitrogens with zero attached hydrogens (tertiary/aromatic N) is 2. The van der Waals surface area contributed by atoms with Crippen LogP contribution in [0.4, 0.5) is 8.78 Å². The summed E-state index contributed by atoms with van der Waals surface area (Å²) >= 11 is 0. The van der Waals surface area contributed by atoms with E-state index in [1.165, 1.54) is 12.1 Å². The Kier molecular flexibility index (Phi) is 4.46. The molecule has 0 amide bonds. The van der Waals surface area contributed by atoms with E-state index < -0.39 is 17.7 Å². The molecule has 2 rings (SSSR count). The highest BCUT2D eigenvalue weighted by Gasteiger charge is 2.19. The number of hydrazine groups is 1. The van der Waals surface area contributed by atoms with E-state index in [0.29, 0.717) is 12.1 Å². The third kappa shape index (κ3) is 2.86. The van der Waals surface area contributed by atoms with Gasteiger partial charge >= 0.3 is 0 Å². The Morgan fingerprint density at radius 2 is 1.85 bits per heavy atom. The largest absolute Gasteiger partial charge is 0.271 e. The number of hydrogen-bond acceptors (Lipinski definition) is 3. The SMILES string of the molecule is CCc1cc(C(NN)c2cc(F)cc(F)c2)n(CC)n1. The summed E-state index contributed by atoms with van der Waals surface area (Å²) in [5, 5.41) is 4.42. The fourth-order valence-electron chi connectivity index (χ4n) is 2.24. The quantitative estimate of drug-likeness (QED) is 0.652. The van der Waals surface area contributed by atoms with Gasteiger partial charge in [0.25, 0.3) is 0 Å². The second kappa shape index (κ2) is 6.11. The van der Waals surface area contributed by atoms with Crippen LogP contribution in [0.15, 0.2) is 24.3 Å². The minimum atomic E-state index is -0.626. The Bertz CT molecular complexity index is 575. The van der Waals surface area contributed by atoms with Crippen LogP contribution in [0, 0.1) is 11.6 Å². The Morgan fingerprint density at radius 1 is 1.20 bits per heavy atom. The molecule has 0 aliphatic rings. The van der Waals surface area contributed by atoms with E-state index in [4.69, 9.17) is 5.84 Å². The first-order valence-corrected chi connectivity index (χ1v) is 6.57. The predicted molar refractivity (Wildman–Crippen MR) is 72.8 cm³/mol. The van der Waals surface area contributed by atoms with Crippen LogP contribution < -0.4 is 11.3 Å². The van der Waals surface area contributed by atoms with Crippen molar-refractivity contribution in [3.8, 4) is 0 Å². The first kappa shape index (κ1) is 14.6. The van der Waals surface area contributed by atoms with Crippen LogP contribution in [0.1, 0.15) is 36.8 Å². The smallest absolute Gasteiger partial charge is 0.126 e. The predicted octanol–water partition coefficient (Wildman–Crippen LogP) is 2.30. The lowest BCUT2D eigenvalue weighted by Crippen LogP contribution is -2.30. The van der Waals surface area contributed by atoms with Gasteiger partial charge in [-0.3, -0.25) is 10.5 Å². The molecule has 1 aromatic heterocycles. The van der Waals surface area contributed by atoms with Gasteiger partial charge in [-0.05, 0) is 37.1 Å². The Balaban J connectivity index is 2.48. The monoisotopic (exact) mass is 280 g/mol. The van der Waals surface area contributed by atoms with E-state index >= 15 is 0 Å². The van der Waals surface area contributed by atoms with Gasteiger partial charge in [0.1, 0.15) is 11.6 Å². The minimum Gasteiger partial charge on any atom is -0.271 e. The summed E-state index contributed by atoms with van der Waals surface area (Å²) in [6, 6.07) is 4.77. The van der Waals surface area contributed by atoms with Crippen LogP contribution in [0.2, 0.25) is 0 Å². The van der Waals surface area contributed by atoms with Crippen LogP contribution >= 0.6 is 0 Å². The maximum atomic E-state index is 13.4. The summed E-state index contributed by atoms with van der Waals surface area (Å²) in [4.78, 5) is 0. The van der Waals surface area contributed by atoms with E-state index in [-0.39, 0.29) is 0 Å². The first-order chi connectivity index (χ1) is 9.58. The summed E-state index contributed by atoms with van der Waals surface area (Å²) in [5.41, 5.74) is 4.74. The molecule has 3 N–H and O–H groups in total. The number of aromatic nitrogens is 2. The van der Waals surface area contributed by atoms with Gasteiger partial charge in [0.15, 0.2) is 0 Å². The van der Waals surface area contributed by atoms with Gasteiger partial charge in [-0.1, -0.05) is 6.92 Å². The third-order valence-electron chi connectivity index (χ3n) is 3.20. The van der Waals surface area contributed by atoms with E-state index in [0.717, 1.165) is 23.9 Å². The fourth-order valence-corrected chi connectivity index (χ4v) is 2.24. The maximum Gasteiger partial charge on any atom is 0.126 e.